The number of ether oxygens (including phenoxy) is 2. The first kappa shape index (κ1) is 19.7. The molecule has 0 bridgehead atoms. The van der Waals surface area contributed by atoms with Gasteiger partial charge in [0.1, 0.15) is 17.9 Å². The van der Waals surface area contributed by atoms with Gasteiger partial charge in [-0.3, -0.25) is 4.52 Å². The molecule has 12 nitrogen and oxygen atoms in total. The first-order valence-corrected chi connectivity index (χ1v) is 8.73. The van der Waals surface area contributed by atoms with Crippen molar-refractivity contribution in [1.82, 2.24) is 19.5 Å². The van der Waals surface area contributed by atoms with Crippen LogP contribution in [0.25, 0.3) is 11.2 Å². The number of hydrogen-bond acceptors (Lipinski definition) is 9. The van der Waals surface area contributed by atoms with Crippen LogP contribution in [0.2, 0.25) is 0 Å². The molecule has 2 atom stereocenters. The smallest absolute Gasteiger partial charge is 0.394 e. The number of phosphoric acid groups is 1. The van der Waals surface area contributed by atoms with Gasteiger partial charge in [-0.05, 0) is 0 Å². The zero-order valence-corrected chi connectivity index (χ0v) is 14.3. The monoisotopic (exact) mass is 377 g/mol. The van der Waals surface area contributed by atoms with E-state index in [1.807, 2.05) is 0 Å². The Labute approximate surface area is 142 Å². The van der Waals surface area contributed by atoms with Crippen LogP contribution in [0.3, 0.4) is 0 Å². The maximum absolute atomic E-state index is 10.8. The summed E-state index contributed by atoms with van der Waals surface area (Å²) in [4.78, 5) is 29.6. The average Bonchev–Trinajstić information content (AvgIpc) is 2.96. The lowest BCUT2D eigenvalue weighted by Crippen LogP contribution is -2.34. The highest BCUT2D eigenvalue weighted by Crippen LogP contribution is 2.35. The third kappa shape index (κ3) is 5.68. The molecule has 2 aromatic heterocycles. The predicted octanol–water partition coefficient (Wildman–Crippen LogP) is -1.09. The van der Waals surface area contributed by atoms with Gasteiger partial charge in [-0.15, -0.1) is 0 Å². The second kappa shape index (κ2) is 8.63. The van der Waals surface area contributed by atoms with E-state index in [1.165, 1.54) is 19.8 Å². The summed E-state index contributed by atoms with van der Waals surface area (Å²) in [5, 5.41) is 9.55. The Balaban J connectivity index is 2.06. The number of fused-ring (bicyclic) bond motifs is 1. The van der Waals surface area contributed by atoms with Crippen LogP contribution in [0.1, 0.15) is 0 Å². The van der Waals surface area contributed by atoms with Crippen molar-refractivity contribution in [2.24, 2.45) is 0 Å². The average molecular weight is 377 g/mol. The Bertz CT molecular complexity index is 736. The van der Waals surface area contributed by atoms with Crippen LogP contribution in [0.4, 0.5) is 5.82 Å². The first-order valence-electron chi connectivity index (χ1n) is 7.20. The number of hydrogen-bond donors (Lipinski definition) is 4. The molecule has 0 fully saturated rings. The van der Waals surface area contributed by atoms with E-state index in [0.717, 1.165) is 0 Å². The molecule has 0 amide bonds. The van der Waals surface area contributed by atoms with E-state index < -0.39 is 26.6 Å². The number of rotatable bonds is 10. The van der Waals surface area contributed by atoms with E-state index in [1.54, 1.807) is 4.57 Å². The van der Waals surface area contributed by atoms with Gasteiger partial charge in [-0.1, -0.05) is 0 Å². The fraction of sp³-hybridized carbons (Fsp3) is 0.583. The summed E-state index contributed by atoms with van der Waals surface area (Å²) in [5.41, 5.74) is 6.62. The molecule has 0 aliphatic carbocycles. The van der Waals surface area contributed by atoms with E-state index >= 15 is 0 Å². The molecule has 2 heterocycles. The van der Waals surface area contributed by atoms with Crippen molar-refractivity contribution < 1.29 is 33.5 Å². The largest absolute Gasteiger partial charge is 0.469 e. The number of nitrogens with zero attached hydrogens (tertiary/aromatic N) is 4. The normalized spacial score (nSPS) is 14.7. The summed E-state index contributed by atoms with van der Waals surface area (Å²) in [6, 6.07) is 0. The second-order valence-electron chi connectivity index (χ2n) is 5.13. The fourth-order valence-corrected chi connectivity index (χ4v) is 2.52. The summed E-state index contributed by atoms with van der Waals surface area (Å²) in [6.07, 6.45) is 1.28. The lowest BCUT2D eigenvalue weighted by molar-refractivity contribution is -0.0894. The zero-order valence-electron chi connectivity index (χ0n) is 13.4. The van der Waals surface area contributed by atoms with E-state index in [0.29, 0.717) is 11.2 Å². The van der Waals surface area contributed by atoms with Gasteiger partial charge in [0, 0.05) is 7.11 Å². The topological polar surface area (TPSA) is 175 Å². The highest BCUT2D eigenvalue weighted by atomic mass is 31.2. The lowest BCUT2D eigenvalue weighted by Gasteiger charge is -2.23. The summed E-state index contributed by atoms with van der Waals surface area (Å²) in [5.74, 6) is 0.234. The molecular weight excluding hydrogens is 357 g/mol. The number of phosphoric ester groups is 1. The van der Waals surface area contributed by atoms with Crippen LogP contribution in [-0.2, 0) is 25.1 Å². The Morgan fingerprint density at radius 3 is 2.68 bits per heavy atom. The van der Waals surface area contributed by atoms with Crippen molar-refractivity contribution in [3.05, 3.63) is 12.7 Å². The van der Waals surface area contributed by atoms with Crippen LogP contribution >= 0.6 is 7.82 Å². The van der Waals surface area contributed by atoms with Gasteiger partial charge in [0.25, 0.3) is 0 Å². The van der Waals surface area contributed by atoms with Gasteiger partial charge in [0.2, 0.25) is 0 Å². The molecule has 140 valence electrons. The van der Waals surface area contributed by atoms with Gasteiger partial charge < -0.3 is 34.7 Å². The molecule has 0 aliphatic heterocycles. The number of aromatic nitrogens is 4. The highest BCUT2D eigenvalue weighted by Gasteiger charge is 2.22. The first-order chi connectivity index (χ1) is 11.8. The number of nitrogens with two attached hydrogens (primary N) is 1. The molecule has 0 radical (unpaired) electrons. The van der Waals surface area contributed by atoms with Gasteiger partial charge >= 0.3 is 7.82 Å². The summed E-state index contributed by atoms with van der Waals surface area (Å²) in [7, 11) is -3.23. The molecule has 2 unspecified atom stereocenters. The Hall–Kier alpha value is -1.66. The zero-order chi connectivity index (χ0) is 18.4. The third-order valence-corrected chi connectivity index (χ3v) is 3.68. The van der Waals surface area contributed by atoms with Gasteiger partial charge in [0.05, 0.1) is 38.8 Å². The molecule has 2 rings (SSSR count). The van der Waals surface area contributed by atoms with Crippen molar-refractivity contribution in [2.75, 3.05) is 32.7 Å². The quantitative estimate of drug-likeness (QED) is 0.370. The highest BCUT2D eigenvalue weighted by molar-refractivity contribution is 7.46. The van der Waals surface area contributed by atoms with Crippen LogP contribution in [0.15, 0.2) is 12.7 Å². The number of nitrogen functional groups attached to an aromatic ring is 1. The van der Waals surface area contributed by atoms with Crippen LogP contribution in [0, 0.1) is 0 Å². The Morgan fingerprint density at radius 2 is 2.04 bits per heavy atom. The summed E-state index contributed by atoms with van der Waals surface area (Å²) < 4.78 is 27.4. The molecule has 0 saturated carbocycles. The minimum absolute atomic E-state index is 0.0241. The number of aliphatic hydroxyl groups excluding tert-OH is 1. The Kier molecular flexibility index (Phi) is 6.79. The van der Waals surface area contributed by atoms with E-state index in [2.05, 4.69) is 19.5 Å². The van der Waals surface area contributed by atoms with Crippen LogP contribution in [0.5, 0.6) is 0 Å². The maximum atomic E-state index is 10.8. The minimum Gasteiger partial charge on any atom is -0.394 e. The van der Waals surface area contributed by atoms with E-state index in [4.69, 9.17) is 25.0 Å². The second-order valence-corrected chi connectivity index (χ2v) is 6.37. The van der Waals surface area contributed by atoms with E-state index in [-0.39, 0.29) is 25.6 Å². The van der Waals surface area contributed by atoms with Crippen molar-refractivity contribution in [3.63, 3.8) is 0 Å². The number of anilines is 1. The van der Waals surface area contributed by atoms with Crippen LogP contribution in [-0.4, -0.2) is 73.6 Å². The lowest BCUT2D eigenvalue weighted by atomic mass is 10.3. The molecule has 25 heavy (non-hydrogen) atoms. The molecule has 2 aromatic rings. The van der Waals surface area contributed by atoms with Crippen molar-refractivity contribution in [1.29, 1.82) is 0 Å². The molecule has 0 saturated heterocycles. The fourth-order valence-electron chi connectivity index (χ4n) is 2.16. The van der Waals surface area contributed by atoms with E-state index in [9.17, 15) is 9.67 Å². The SMILES string of the molecule is COCC(COP(=O)(O)O)OC(CO)Cn1cnc2c(N)ncnc21. The summed E-state index contributed by atoms with van der Waals surface area (Å²) >= 11 is 0. The number of aliphatic hydroxyl groups is 1. The summed E-state index contributed by atoms with van der Waals surface area (Å²) in [6.45, 7) is -0.541. The van der Waals surface area contributed by atoms with Crippen molar-refractivity contribution in [3.8, 4) is 0 Å². The molecule has 5 N–H and O–H groups in total. The van der Waals surface area contributed by atoms with Gasteiger partial charge in [-0.2, -0.15) is 0 Å². The Morgan fingerprint density at radius 1 is 1.28 bits per heavy atom. The van der Waals surface area contributed by atoms with Gasteiger partial charge in [-0.25, -0.2) is 19.5 Å². The molecule has 0 aromatic carbocycles. The third-order valence-electron chi connectivity index (χ3n) is 3.20. The van der Waals surface area contributed by atoms with Crippen LogP contribution < -0.4 is 5.73 Å². The molecule has 0 aliphatic rings. The molecule has 13 heteroatoms. The maximum Gasteiger partial charge on any atom is 0.469 e. The molecule has 0 spiro atoms. The minimum atomic E-state index is -4.63. The number of methoxy groups -OCH3 is 1. The number of imidazole rings is 1. The molecular formula is C12H20N5O7P. The van der Waals surface area contributed by atoms with Gasteiger partial charge in [0.15, 0.2) is 11.5 Å². The predicted molar refractivity (Wildman–Crippen MR) is 85.4 cm³/mol. The van der Waals surface area contributed by atoms with Crippen molar-refractivity contribution >= 4 is 24.8 Å². The standard InChI is InChI=1S/C12H20N5O7P/c1-22-4-9(5-23-25(19,20)21)24-8(3-18)2-17-7-16-10-11(13)14-6-15-12(10)17/h6-9,18H,2-5H2,1H3,(H2,13,14,15)(H2,19,20,21). The van der Waals surface area contributed by atoms with Crippen molar-refractivity contribution in [2.45, 2.75) is 18.8 Å².